The Hall–Kier alpha value is -1.75. The van der Waals surface area contributed by atoms with Crippen molar-refractivity contribution in [1.82, 2.24) is 20.2 Å². The highest BCUT2D eigenvalue weighted by Crippen LogP contribution is 2.03. The molecule has 0 saturated heterocycles. The Morgan fingerprint density at radius 3 is 2.73 bits per heavy atom. The predicted octanol–water partition coefficient (Wildman–Crippen LogP) is 0.223. The Kier molecular flexibility index (Phi) is 3.04. The van der Waals surface area contributed by atoms with Gasteiger partial charge in [-0.05, 0) is 10.8 Å². The molecule has 0 atom stereocenters. The van der Waals surface area contributed by atoms with E-state index in [4.69, 9.17) is 5.73 Å². The van der Waals surface area contributed by atoms with E-state index in [0.717, 1.165) is 5.82 Å². The highest BCUT2D eigenvalue weighted by atomic mass is 15.6. The summed E-state index contributed by atoms with van der Waals surface area (Å²) in [5, 5.41) is 12.1. The van der Waals surface area contributed by atoms with E-state index in [1.54, 1.807) is 0 Å². The zero-order valence-corrected chi connectivity index (χ0v) is 8.37. The Morgan fingerprint density at radius 1 is 1.20 bits per heavy atom. The van der Waals surface area contributed by atoms with Gasteiger partial charge in [0.1, 0.15) is 0 Å². The molecule has 2 aromatic rings. The number of benzene rings is 1. The molecule has 5 nitrogen and oxygen atoms in total. The monoisotopic (exact) mass is 203 g/mol. The molecule has 15 heavy (non-hydrogen) atoms. The fourth-order valence-corrected chi connectivity index (χ4v) is 1.34. The maximum Gasteiger partial charge on any atom is 0.179 e. The van der Waals surface area contributed by atoms with E-state index in [0.29, 0.717) is 19.5 Å². The van der Waals surface area contributed by atoms with Crippen LogP contribution in [0.3, 0.4) is 0 Å². The summed E-state index contributed by atoms with van der Waals surface area (Å²) in [7, 11) is 0. The van der Waals surface area contributed by atoms with Crippen LogP contribution in [0.25, 0.3) is 0 Å². The van der Waals surface area contributed by atoms with Crippen molar-refractivity contribution >= 4 is 0 Å². The third-order valence-corrected chi connectivity index (χ3v) is 2.03. The number of hydrogen-bond acceptors (Lipinski definition) is 4. The topological polar surface area (TPSA) is 69.6 Å². The number of tetrazole rings is 1. The van der Waals surface area contributed by atoms with Gasteiger partial charge in [-0.25, -0.2) is 0 Å². The Morgan fingerprint density at radius 2 is 2.00 bits per heavy atom. The number of nitrogens with zero attached hydrogens (tertiary/aromatic N) is 4. The van der Waals surface area contributed by atoms with Crippen LogP contribution >= 0.6 is 0 Å². The molecular weight excluding hydrogens is 190 g/mol. The molecule has 0 unspecified atom stereocenters. The van der Waals surface area contributed by atoms with Crippen molar-refractivity contribution in [3.8, 4) is 0 Å². The smallest absolute Gasteiger partial charge is 0.179 e. The molecule has 0 saturated carbocycles. The molecule has 0 fully saturated rings. The SMILES string of the molecule is NCCn1nnc(Cc2ccccc2)n1. The van der Waals surface area contributed by atoms with Gasteiger partial charge in [0.15, 0.2) is 5.82 Å². The van der Waals surface area contributed by atoms with Crippen LogP contribution in [0.15, 0.2) is 30.3 Å². The van der Waals surface area contributed by atoms with Gasteiger partial charge in [0.2, 0.25) is 0 Å². The number of aromatic nitrogens is 4. The lowest BCUT2D eigenvalue weighted by Crippen LogP contribution is -2.12. The second kappa shape index (κ2) is 4.65. The van der Waals surface area contributed by atoms with Gasteiger partial charge in [-0.2, -0.15) is 4.80 Å². The summed E-state index contributed by atoms with van der Waals surface area (Å²) in [6, 6.07) is 10.1. The lowest BCUT2D eigenvalue weighted by Gasteiger charge is -1.95. The van der Waals surface area contributed by atoms with Crippen LogP contribution in [0.1, 0.15) is 11.4 Å². The molecule has 0 amide bonds. The Bertz CT molecular complexity index is 409. The van der Waals surface area contributed by atoms with Crippen molar-refractivity contribution < 1.29 is 0 Å². The Labute approximate surface area is 87.9 Å². The second-order valence-corrected chi connectivity index (χ2v) is 3.25. The Balaban J connectivity index is 2.05. The minimum absolute atomic E-state index is 0.529. The number of nitrogens with two attached hydrogens (primary N) is 1. The molecule has 0 bridgehead atoms. The normalized spacial score (nSPS) is 10.5. The molecule has 2 rings (SSSR count). The van der Waals surface area contributed by atoms with Crippen molar-refractivity contribution in [2.45, 2.75) is 13.0 Å². The van der Waals surface area contributed by atoms with Gasteiger partial charge in [-0.15, -0.1) is 10.2 Å². The first-order valence-corrected chi connectivity index (χ1v) is 4.89. The van der Waals surface area contributed by atoms with Gasteiger partial charge in [-0.3, -0.25) is 0 Å². The first-order chi connectivity index (χ1) is 7.38. The molecule has 1 heterocycles. The van der Waals surface area contributed by atoms with Crippen molar-refractivity contribution in [3.63, 3.8) is 0 Å². The van der Waals surface area contributed by atoms with Crippen LogP contribution in [0, 0.1) is 0 Å². The third-order valence-electron chi connectivity index (χ3n) is 2.03. The van der Waals surface area contributed by atoms with Gasteiger partial charge in [0.05, 0.1) is 6.54 Å². The molecule has 0 spiro atoms. The lowest BCUT2D eigenvalue weighted by atomic mass is 10.1. The quantitative estimate of drug-likeness (QED) is 0.771. The largest absolute Gasteiger partial charge is 0.329 e. The van der Waals surface area contributed by atoms with Gasteiger partial charge < -0.3 is 5.73 Å². The standard InChI is InChI=1S/C10H13N5/c11-6-7-15-13-10(12-14-15)8-9-4-2-1-3-5-9/h1-5H,6-8,11H2. The summed E-state index contributed by atoms with van der Waals surface area (Å²) in [5.74, 6) is 0.731. The van der Waals surface area contributed by atoms with E-state index in [1.807, 2.05) is 30.3 Å². The van der Waals surface area contributed by atoms with E-state index < -0.39 is 0 Å². The highest BCUT2D eigenvalue weighted by molar-refractivity contribution is 5.17. The van der Waals surface area contributed by atoms with Crippen LogP contribution < -0.4 is 5.73 Å². The summed E-state index contributed by atoms with van der Waals surface area (Å²) < 4.78 is 0. The van der Waals surface area contributed by atoms with Crippen molar-refractivity contribution in [2.75, 3.05) is 6.54 Å². The fraction of sp³-hybridized carbons (Fsp3) is 0.300. The van der Waals surface area contributed by atoms with E-state index >= 15 is 0 Å². The summed E-state index contributed by atoms with van der Waals surface area (Å²) in [5.41, 5.74) is 6.58. The van der Waals surface area contributed by atoms with Crippen LogP contribution in [-0.4, -0.2) is 26.8 Å². The highest BCUT2D eigenvalue weighted by Gasteiger charge is 2.02. The molecule has 0 radical (unpaired) electrons. The summed E-state index contributed by atoms with van der Waals surface area (Å²) in [6.45, 7) is 1.14. The van der Waals surface area contributed by atoms with E-state index in [-0.39, 0.29) is 0 Å². The van der Waals surface area contributed by atoms with Crippen LogP contribution in [0.2, 0.25) is 0 Å². The molecule has 0 aliphatic rings. The first kappa shape index (κ1) is 9.79. The first-order valence-electron chi connectivity index (χ1n) is 4.89. The van der Waals surface area contributed by atoms with Crippen molar-refractivity contribution in [2.24, 2.45) is 5.73 Å². The molecule has 0 aliphatic carbocycles. The van der Waals surface area contributed by atoms with Gasteiger partial charge in [0, 0.05) is 13.0 Å². The average molecular weight is 203 g/mol. The van der Waals surface area contributed by atoms with Crippen LogP contribution in [0.4, 0.5) is 0 Å². The third kappa shape index (κ3) is 2.60. The average Bonchev–Trinajstić information content (AvgIpc) is 2.68. The van der Waals surface area contributed by atoms with Crippen molar-refractivity contribution in [3.05, 3.63) is 41.7 Å². The fourth-order valence-electron chi connectivity index (χ4n) is 1.34. The summed E-state index contributed by atoms with van der Waals surface area (Å²) in [4.78, 5) is 1.53. The molecule has 2 N–H and O–H groups in total. The summed E-state index contributed by atoms with van der Waals surface area (Å²) in [6.07, 6.45) is 0.714. The van der Waals surface area contributed by atoms with E-state index in [9.17, 15) is 0 Å². The number of hydrogen-bond donors (Lipinski definition) is 1. The second-order valence-electron chi connectivity index (χ2n) is 3.25. The molecule has 1 aromatic heterocycles. The van der Waals surface area contributed by atoms with E-state index in [1.165, 1.54) is 10.4 Å². The summed E-state index contributed by atoms with van der Waals surface area (Å²) >= 11 is 0. The molecule has 5 heteroatoms. The molecular formula is C10H13N5. The zero-order chi connectivity index (χ0) is 10.5. The minimum Gasteiger partial charge on any atom is -0.329 e. The predicted molar refractivity (Wildman–Crippen MR) is 56.1 cm³/mol. The maximum absolute atomic E-state index is 5.39. The van der Waals surface area contributed by atoms with Gasteiger partial charge in [-0.1, -0.05) is 30.3 Å². The number of rotatable bonds is 4. The maximum atomic E-state index is 5.39. The lowest BCUT2D eigenvalue weighted by molar-refractivity contribution is 0.529. The minimum atomic E-state index is 0.529. The van der Waals surface area contributed by atoms with Crippen molar-refractivity contribution in [1.29, 1.82) is 0 Å². The van der Waals surface area contributed by atoms with Gasteiger partial charge in [0.25, 0.3) is 0 Å². The molecule has 78 valence electrons. The van der Waals surface area contributed by atoms with Crippen LogP contribution in [0.5, 0.6) is 0 Å². The zero-order valence-electron chi connectivity index (χ0n) is 8.37. The van der Waals surface area contributed by atoms with E-state index in [2.05, 4.69) is 15.4 Å². The molecule has 0 aliphatic heterocycles. The molecule has 1 aromatic carbocycles. The van der Waals surface area contributed by atoms with Gasteiger partial charge >= 0.3 is 0 Å². The van der Waals surface area contributed by atoms with Crippen LogP contribution in [-0.2, 0) is 13.0 Å².